The van der Waals surface area contributed by atoms with Gasteiger partial charge in [0.05, 0.1) is 18.4 Å². The second-order valence-corrected chi connectivity index (χ2v) is 8.96. The molecule has 0 N–H and O–H groups in total. The highest BCUT2D eigenvalue weighted by Crippen LogP contribution is 2.34. The average molecular weight is 542 g/mol. The third-order valence-corrected chi connectivity index (χ3v) is 6.08. The van der Waals surface area contributed by atoms with Gasteiger partial charge in [0.2, 0.25) is 0 Å². The molecular weight excluding hydrogens is 520 g/mol. The van der Waals surface area contributed by atoms with E-state index >= 15 is 0 Å². The van der Waals surface area contributed by atoms with E-state index in [1.807, 2.05) is 43.3 Å². The lowest BCUT2D eigenvalue weighted by atomic mass is 9.98. The van der Waals surface area contributed by atoms with E-state index in [1.54, 1.807) is 30.3 Å². The fraction of sp³-hybridized carbons (Fsp3) is 0.192. The number of benzene rings is 3. The van der Waals surface area contributed by atoms with Gasteiger partial charge in [0, 0.05) is 21.5 Å². The van der Waals surface area contributed by atoms with Crippen molar-refractivity contribution in [3.8, 4) is 11.5 Å². The summed E-state index contributed by atoms with van der Waals surface area (Å²) in [6.07, 6.45) is 1.29. The van der Waals surface area contributed by atoms with Crippen LogP contribution in [0.5, 0.6) is 11.5 Å². The number of halogens is 2. The van der Waals surface area contributed by atoms with Gasteiger partial charge in [0.15, 0.2) is 18.1 Å². The van der Waals surface area contributed by atoms with E-state index in [9.17, 15) is 9.59 Å². The molecule has 0 spiro atoms. The molecule has 0 saturated heterocycles. The van der Waals surface area contributed by atoms with Crippen LogP contribution in [0.2, 0.25) is 5.02 Å². The molecule has 174 valence electrons. The van der Waals surface area contributed by atoms with E-state index in [4.69, 9.17) is 21.1 Å². The Bertz CT molecular complexity index is 1230. The van der Waals surface area contributed by atoms with E-state index in [1.165, 1.54) is 5.01 Å². The van der Waals surface area contributed by atoms with E-state index in [0.717, 1.165) is 27.6 Å². The summed E-state index contributed by atoms with van der Waals surface area (Å²) < 4.78 is 12.3. The van der Waals surface area contributed by atoms with E-state index in [-0.39, 0.29) is 18.6 Å². The van der Waals surface area contributed by atoms with Crippen molar-refractivity contribution in [2.75, 3.05) is 13.2 Å². The van der Waals surface area contributed by atoms with E-state index < -0.39 is 0 Å². The molecule has 0 fully saturated rings. The topological polar surface area (TPSA) is 68.2 Å². The van der Waals surface area contributed by atoms with Crippen molar-refractivity contribution in [3.05, 3.63) is 92.9 Å². The highest BCUT2D eigenvalue weighted by molar-refractivity contribution is 9.10. The number of rotatable bonds is 8. The lowest BCUT2D eigenvalue weighted by Gasteiger charge is -2.22. The number of hydrogen-bond acceptors (Lipinski definition) is 5. The molecule has 4 rings (SSSR count). The molecule has 0 aromatic heterocycles. The molecule has 1 unspecified atom stereocenters. The maximum absolute atomic E-state index is 13.3. The number of nitrogens with zero attached hydrogens (tertiary/aromatic N) is 2. The number of aldehydes is 1. The Morgan fingerprint density at radius 1 is 1.12 bits per heavy atom. The Labute approximate surface area is 211 Å². The standard InChI is InChI=1S/C26H22BrClN2O4/c1-2-33-25-12-17(15-31)6-11-24(25)34-16-26(32)30-23(18-7-9-21(28)10-8-18)14-22(29-30)19-4-3-5-20(27)13-19/h3-13,15,23H,2,14,16H2,1H3. The van der Waals surface area contributed by atoms with Crippen LogP contribution in [-0.2, 0) is 4.79 Å². The van der Waals surface area contributed by atoms with Crippen LogP contribution in [0, 0.1) is 0 Å². The van der Waals surface area contributed by atoms with Crippen molar-refractivity contribution >= 4 is 45.4 Å². The zero-order valence-electron chi connectivity index (χ0n) is 18.4. The van der Waals surface area contributed by atoms with Gasteiger partial charge >= 0.3 is 0 Å². The monoisotopic (exact) mass is 540 g/mol. The number of carbonyl (C=O) groups is 2. The second kappa shape index (κ2) is 10.8. The predicted molar refractivity (Wildman–Crippen MR) is 135 cm³/mol. The number of hydrogen-bond donors (Lipinski definition) is 0. The summed E-state index contributed by atoms with van der Waals surface area (Å²) in [6, 6.07) is 19.8. The van der Waals surface area contributed by atoms with Crippen molar-refractivity contribution in [2.24, 2.45) is 5.10 Å². The minimum absolute atomic E-state index is 0.236. The summed E-state index contributed by atoms with van der Waals surface area (Å²) in [5.41, 5.74) is 3.14. The Morgan fingerprint density at radius 2 is 1.91 bits per heavy atom. The maximum Gasteiger partial charge on any atom is 0.281 e. The van der Waals surface area contributed by atoms with Crippen LogP contribution in [0.4, 0.5) is 0 Å². The molecule has 3 aromatic carbocycles. The van der Waals surface area contributed by atoms with Crippen molar-refractivity contribution in [3.63, 3.8) is 0 Å². The van der Waals surface area contributed by atoms with Crippen LogP contribution in [0.1, 0.15) is 40.9 Å². The van der Waals surface area contributed by atoms with Gasteiger partial charge in [-0.3, -0.25) is 9.59 Å². The lowest BCUT2D eigenvalue weighted by Crippen LogP contribution is -2.31. The maximum atomic E-state index is 13.3. The number of amides is 1. The van der Waals surface area contributed by atoms with Gasteiger partial charge in [0.1, 0.15) is 6.29 Å². The minimum Gasteiger partial charge on any atom is -0.490 e. The average Bonchev–Trinajstić information content (AvgIpc) is 3.29. The predicted octanol–water partition coefficient (Wildman–Crippen LogP) is 6.07. The number of ether oxygens (including phenoxy) is 2. The fourth-order valence-corrected chi connectivity index (χ4v) is 4.24. The first-order valence-electron chi connectivity index (χ1n) is 10.7. The molecule has 0 bridgehead atoms. The van der Waals surface area contributed by atoms with Gasteiger partial charge in [-0.05, 0) is 60.5 Å². The van der Waals surface area contributed by atoms with Gasteiger partial charge in [0.25, 0.3) is 5.91 Å². The SMILES string of the molecule is CCOc1cc(C=O)ccc1OCC(=O)N1N=C(c2cccc(Br)c2)CC1c1ccc(Cl)cc1. The summed E-state index contributed by atoms with van der Waals surface area (Å²) in [6.45, 7) is 2.00. The van der Waals surface area contributed by atoms with Crippen LogP contribution in [0.25, 0.3) is 0 Å². The zero-order valence-corrected chi connectivity index (χ0v) is 20.8. The minimum atomic E-state index is -0.299. The molecule has 0 radical (unpaired) electrons. The van der Waals surface area contributed by atoms with Gasteiger partial charge in [-0.15, -0.1) is 0 Å². The molecule has 0 saturated carbocycles. The zero-order chi connectivity index (χ0) is 24.1. The molecule has 34 heavy (non-hydrogen) atoms. The molecule has 3 aromatic rings. The summed E-state index contributed by atoms with van der Waals surface area (Å²) in [7, 11) is 0. The van der Waals surface area contributed by atoms with Gasteiger partial charge in [-0.25, -0.2) is 5.01 Å². The number of carbonyl (C=O) groups excluding carboxylic acids is 2. The quantitative estimate of drug-likeness (QED) is 0.325. The third kappa shape index (κ3) is 5.48. The van der Waals surface area contributed by atoms with Gasteiger partial charge in [-0.2, -0.15) is 5.10 Å². The molecule has 1 heterocycles. The highest BCUT2D eigenvalue weighted by Gasteiger charge is 2.33. The molecule has 1 aliphatic heterocycles. The molecule has 8 heteroatoms. The Kier molecular flexibility index (Phi) is 7.65. The molecule has 1 aliphatic rings. The Morgan fingerprint density at radius 3 is 2.62 bits per heavy atom. The van der Waals surface area contributed by atoms with Crippen molar-refractivity contribution in [1.29, 1.82) is 0 Å². The molecule has 0 aliphatic carbocycles. The van der Waals surface area contributed by atoms with E-state index in [0.29, 0.717) is 35.1 Å². The third-order valence-electron chi connectivity index (χ3n) is 5.33. The fourth-order valence-electron chi connectivity index (χ4n) is 3.72. The molecular formula is C26H22BrClN2O4. The Balaban J connectivity index is 1.58. The highest BCUT2D eigenvalue weighted by atomic mass is 79.9. The summed E-state index contributed by atoms with van der Waals surface area (Å²) in [5, 5.41) is 6.76. The largest absolute Gasteiger partial charge is 0.490 e. The van der Waals surface area contributed by atoms with Crippen LogP contribution in [-0.4, -0.2) is 36.1 Å². The summed E-state index contributed by atoms with van der Waals surface area (Å²) >= 11 is 9.57. The molecule has 1 amide bonds. The van der Waals surface area contributed by atoms with Crippen LogP contribution < -0.4 is 9.47 Å². The molecule has 6 nitrogen and oxygen atoms in total. The van der Waals surface area contributed by atoms with Crippen LogP contribution >= 0.6 is 27.5 Å². The van der Waals surface area contributed by atoms with Crippen LogP contribution in [0.15, 0.2) is 76.3 Å². The van der Waals surface area contributed by atoms with Gasteiger partial charge < -0.3 is 9.47 Å². The first-order valence-corrected chi connectivity index (χ1v) is 11.9. The van der Waals surface area contributed by atoms with Gasteiger partial charge in [-0.1, -0.05) is 51.8 Å². The Hall–Kier alpha value is -3.16. The van der Waals surface area contributed by atoms with Crippen molar-refractivity contribution in [1.82, 2.24) is 5.01 Å². The number of hydrazone groups is 1. The summed E-state index contributed by atoms with van der Waals surface area (Å²) in [4.78, 5) is 24.4. The summed E-state index contributed by atoms with van der Waals surface area (Å²) in [5.74, 6) is 0.500. The van der Waals surface area contributed by atoms with Crippen LogP contribution in [0.3, 0.4) is 0 Å². The van der Waals surface area contributed by atoms with E-state index in [2.05, 4.69) is 21.0 Å². The lowest BCUT2D eigenvalue weighted by molar-refractivity contribution is -0.135. The first kappa shape index (κ1) is 24.0. The second-order valence-electron chi connectivity index (χ2n) is 7.61. The molecule has 1 atom stereocenters. The van der Waals surface area contributed by atoms with Crippen molar-refractivity contribution in [2.45, 2.75) is 19.4 Å². The van der Waals surface area contributed by atoms with Crippen molar-refractivity contribution < 1.29 is 19.1 Å². The first-order chi connectivity index (χ1) is 16.5. The normalized spacial score (nSPS) is 15.1. The smallest absolute Gasteiger partial charge is 0.281 e.